The van der Waals surface area contributed by atoms with Gasteiger partial charge in [0.2, 0.25) is 0 Å². The van der Waals surface area contributed by atoms with Crippen LogP contribution in [0.15, 0.2) is 41.1 Å². The molecule has 0 saturated carbocycles. The van der Waals surface area contributed by atoms with Crippen molar-refractivity contribution in [1.82, 2.24) is 4.98 Å². The molecule has 17 heavy (non-hydrogen) atoms. The zero-order valence-corrected chi connectivity index (χ0v) is 11.7. The van der Waals surface area contributed by atoms with E-state index in [-0.39, 0.29) is 6.04 Å². The number of nitrogens with zero attached hydrogens (tertiary/aromatic N) is 1. The van der Waals surface area contributed by atoms with E-state index < -0.39 is 0 Å². The number of hydrogen-bond acceptors (Lipinski definition) is 2. The van der Waals surface area contributed by atoms with Crippen LogP contribution in [0.4, 0.5) is 0 Å². The van der Waals surface area contributed by atoms with Crippen LogP contribution in [0.2, 0.25) is 5.02 Å². The normalized spacial score (nSPS) is 12.5. The molecular formula is C13H12BrClN2. The second kappa shape index (κ2) is 5.17. The lowest BCUT2D eigenvalue weighted by Gasteiger charge is -2.16. The van der Waals surface area contributed by atoms with E-state index in [0.717, 1.165) is 21.2 Å². The summed E-state index contributed by atoms with van der Waals surface area (Å²) in [7, 11) is 0. The Morgan fingerprint density at radius 1 is 1.29 bits per heavy atom. The summed E-state index contributed by atoms with van der Waals surface area (Å²) in [6, 6.07) is 7.42. The zero-order valence-electron chi connectivity index (χ0n) is 9.32. The Morgan fingerprint density at radius 2 is 2.06 bits per heavy atom. The van der Waals surface area contributed by atoms with E-state index in [2.05, 4.69) is 20.9 Å². The first-order chi connectivity index (χ1) is 8.09. The van der Waals surface area contributed by atoms with E-state index in [1.165, 1.54) is 0 Å². The molecule has 4 heteroatoms. The van der Waals surface area contributed by atoms with Crippen molar-refractivity contribution in [2.75, 3.05) is 0 Å². The molecule has 0 radical (unpaired) electrons. The summed E-state index contributed by atoms with van der Waals surface area (Å²) < 4.78 is 0.946. The van der Waals surface area contributed by atoms with Gasteiger partial charge in [-0.2, -0.15) is 0 Å². The molecule has 0 amide bonds. The Bertz CT molecular complexity index is 543. The van der Waals surface area contributed by atoms with Gasteiger partial charge in [-0.25, -0.2) is 0 Å². The quantitative estimate of drug-likeness (QED) is 0.915. The highest BCUT2D eigenvalue weighted by atomic mass is 79.9. The van der Waals surface area contributed by atoms with E-state index in [4.69, 9.17) is 17.3 Å². The minimum absolute atomic E-state index is 0.246. The van der Waals surface area contributed by atoms with E-state index in [1.54, 1.807) is 12.4 Å². The third-order valence-corrected chi connectivity index (χ3v) is 3.53. The summed E-state index contributed by atoms with van der Waals surface area (Å²) in [4.78, 5) is 4.11. The number of benzene rings is 1. The van der Waals surface area contributed by atoms with Crippen molar-refractivity contribution in [3.8, 4) is 0 Å². The summed E-state index contributed by atoms with van der Waals surface area (Å²) in [6.45, 7) is 2.02. The fourth-order valence-corrected chi connectivity index (χ4v) is 2.51. The average Bonchev–Trinajstić information content (AvgIpc) is 2.29. The van der Waals surface area contributed by atoms with Crippen LogP contribution >= 0.6 is 27.5 Å². The van der Waals surface area contributed by atoms with Crippen LogP contribution in [0, 0.1) is 6.92 Å². The largest absolute Gasteiger partial charge is 0.320 e. The van der Waals surface area contributed by atoms with Crippen LogP contribution in [-0.4, -0.2) is 4.98 Å². The second-order valence-corrected chi connectivity index (χ2v) is 5.20. The maximum Gasteiger partial charge on any atom is 0.0584 e. The molecule has 0 saturated heterocycles. The SMILES string of the molecule is Cc1ccncc1C(N)c1ccc(Br)cc1Cl. The van der Waals surface area contributed by atoms with Crippen LogP contribution < -0.4 is 5.73 Å². The van der Waals surface area contributed by atoms with Crippen molar-refractivity contribution < 1.29 is 0 Å². The first-order valence-electron chi connectivity index (χ1n) is 5.20. The van der Waals surface area contributed by atoms with E-state index in [9.17, 15) is 0 Å². The van der Waals surface area contributed by atoms with Gasteiger partial charge in [0, 0.05) is 21.9 Å². The average molecular weight is 312 g/mol. The van der Waals surface area contributed by atoms with E-state index >= 15 is 0 Å². The highest BCUT2D eigenvalue weighted by molar-refractivity contribution is 9.10. The molecule has 1 aromatic heterocycles. The van der Waals surface area contributed by atoms with Gasteiger partial charge in [0.25, 0.3) is 0 Å². The Kier molecular flexibility index (Phi) is 3.82. The highest BCUT2D eigenvalue weighted by Crippen LogP contribution is 2.29. The lowest BCUT2D eigenvalue weighted by atomic mass is 9.98. The Morgan fingerprint density at radius 3 is 2.71 bits per heavy atom. The van der Waals surface area contributed by atoms with Gasteiger partial charge in [-0.15, -0.1) is 0 Å². The van der Waals surface area contributed by atoms with Gasteiger partial charge in [0.15, 0.2) is 0 Å². The van der Waals surface area contributed by atoms with Crippen molar-refractivity contribution in [1.29, 1.82) is 0 Å². The third-order valence-electron chi connectivity index (χ3n) is 2.71. The predicted octanol–water partition coefficient (Wildman–Crippen LogP) is 3.85. The molecular weight excluding hydrogens is 300 g/mol. The molecule has 2 N–H and O–H groups in total. The summed E-state index contributed by atoms with van der Waals surface area (Å²) in [5.41, 5.74) is 9.25. The summed E-state index contributed by atoms with van der Waals surface area (Å²) >= 11 is 9.57. The fourth-order valence-electron chi connectivity index (χ4n) is 1.72. The molecule has 2 aromatic rings. The molecule has 0 bridgehead atoms. The van der Waals surface area contributed by atoms with Gasteiger partial charge in [-0.1, -0.05) is 33.6 Å². The van der Waals surface area contributed by atoms with Gasteiger partial charge in [-0.3, -0.25) is 4.98 Å². The first kappa shape index (κ1) is 12.6. The molecule has 1 unspecified atom stereocenters. The molecule has 2 rings (SSSR count). The number of pyridine rings is 1. The molecule has 0 aliphatic heterocycles. The van der Waals surface area contributed by atoms with Crippen molar-refractivity contribution in [3.63, 3.8) is 0 Å². The molecule has 1 atom stereocenters. The molecule has 1 aromatic carbocycles. The zero-order chi connectivity index (χ0) is 12.4. The predicted molar refractivity (Wildman–Crippen MR) is 74.2 cm³/mol. The summed E-state index contributed by atoms with van der Waals surface area (Å²) in [5.74, 6) is 0. The molecule has 0 spiro atoms. The molecule has 88 valence electrons. The van der Waals surface area contributed by atoms with E-state index in [1.807, 2.05) is 31.2 Å². The Balaban J connectivity index is 2.44. The number of aryl methyl sites for hydroxylation is 1. The smallest absolute Gasteiger partial charge is 0.0584 e. The maximum absolute atomic E-state index is 6.23. The monoisotopic (exact) mass is 310 g/mol. The van der Waals surface area contributed by atoms with Crippen LogP contribution in [0.1, 0.15) is 22.7 Å². The topological polar surface area (TPSA) is 38.9 Å². The number of nitrogens with two attached hydrogens (primary N) is 1. The summed E-state index contributed by atoms with van der Waals surface area (Å²) in [6.07, 6.45) is 3.55. The fraction of sp³-hybridized carbons (Fsp3) is 0.154. The molecule has 2 nitrogen and oxygen atoms in total. The third kappa shape index (κ3) is 2.68. The second-order valence-electron chi connectivity index (χ2n) is 3.88. The van der Waals surface area contributed by atoms with Crippen molar-refractivity contribution >= 4 is 27.5 Å². The van der Waals surface area contributed by atoms with Crippen LogP contribution in [0.25, 0.3) is 0 Å². The molecule has 0 fully saturated rings. The molecule has 0 aliphatic carbocycles. The van der Waals surface area contributed by atoms with Crippen molar-refractivity contribution in [2.24, 2.45) is 5.73 Å². The first-order valence-corrected chi connectivity index (χ1v) is 6.37. The van der Waals surface area contributed by atoms with Gasteiger partial charge in [0.05, 0.1) is 6.04 Å². The minimum atomic E-state index is -0.246. The Labute approximate surface area is 114 Å². The van der Waals surface area contributed by atoms with Crippen molar-refractivity contribution in [3.05, 3.63) is 62.8 Å². The molecule has 0 aliphatic rings. The van der Waals surface area contributed by atoms with E-state index in [0.29, 0.717) is 5.02 Å². The number of halogens is 2. The van der Waals surface area contributed by atoms with Gasteiger partial charge < -0.3 is 5.73 Å². The van der Waals surface area contributed by atoms with Crippen LogP contribution in [-0.2, 0) is 0 Å². The molecule has 1 heterocycles. The van der Waals surface area contributed by atoms with Gasteiger partial charge in [0.1, 0.15) is 0 Å². The lowest BCUT2D eigenvalue weighted by Crippen LogP contribution is -2.14. The maximum atomic E-state index is 6.23. The number of aromatic nitrogens is 1. The highest BCUT2D eigenvalue weighted by Gasteiger charge is 2.14. The Hall–Kier alpha value is -0.900. The van der Waals surface area contributed by atoms with Gasteiger partial charge in [-0.05, 0) is 41.8 Å². The van der Waals surface area contributed by atoms with Crippen LogP contribution in [0.5, 0.6) is 0 Å². The number of rotatable bonds is 2. The van der Waals surface area contributed by atoms with Crippen molar-refractivity contribution in [2.45, 2.75) is 13.0 Å². The summed E-state index contributed by atoms with van der Waals surface area (Å²) in [5, 5.41) is 0.662. The lowest BCUT2D eigenvalue weighted by molar-refractivity contribution is 0.852. The minimum Gasteiger partial charge on any atom is -0.320 e. The van der Waals surface area contributed by atoms with Gasteiger partial charge >= 0.3 is 0 Å². The van der Waals surface area contributed by atoms with Crippen LogP contribution in [0.3, 0.4) is 0 Å². The standard InChI is InChI=1S/C13H12BrClN2/c1-8-4-5-17-7-11(8)13(16)10-3-2-9(14)6-12(10)15/h2-7,13H,16H2,1H3. The number of hydrogen-bond donors (Lipinski definition) is 1.